The maximum absolute atomic E-state index is 12.2. The molecule has 3 rings (SSSR count). The molecule has 25 heavy (non-hydrogen) atoms. The molecule has 0 spiro atoms. The standard InChI is InChI=1S/C19H24N4O2/c1-14-4-3-5-16(10-14)12-19(24)20-13-17-21-15(2)11-18(22-17)23-6-8-25-9-7-23/h3-5,10-11H,6-9,12-13H2,1-2H3,(H,20,24). The molecule has 0 atom stereocenters. The molecule has 1 aliphatic rings. The lowest BCUT2D eigenvalue weighted by molar-refractivity contribution is -0.120. The van der Waals surface area contributed by atoms with Gasteiger partial charge in [0.05, 0.1) is 26.2 Å². The van der Waals surface area contributed by atoms with Crippen LogP contribution in [0.25, 0.3) is 0 Å². The Morgan fingerprint density at radius 2 is 2.00 bits per heavy atom. The van der Waals surface area contributed by atoms with Crippen LogP contribution in [0.4, 0.5) is 5.82 Å². The van der Waals surface area contributed by atoms with E-state index < -0.39 is 0 Å². The van der Waals surface area contributed by atoms with E-state index >= 15 is 0 Å². The van der Waals surface area contributed by atoms with Gasteiger partial charge in [0.15, 0.2) is 0 Å². The van der Waals surface area contributed by atoms with E-state index in [9.17, 15) is 4.79 Å². The zero-order valence-electron chi connectivity index (χ0n) is 14.8. The molecule has 0 aliphatic carbocycles. The number of hydrogen-bond donors (Lipinski definition) is 1. The molecule has 6 nitrogen and oxygen atoms in total. The van der Waals surface area contributed by atoms with E-state index in [2.05, 4.69) is 20.2 Å². The van der Waals surface area contributed by atoms with E-state index in [1.54, 1.807) is 0 Å². The number of nitrogens with zero attached hydrogens (tertiary/aromatic N) is 3. The number of aryl methyl sites for hydroxylation is 2. The van der Waals surface area contributed by atoms with Gasteiger partial charge in [-0.15, -0.1) is 0 Å². The highest BCUT2D eigenvalue weighted by Gasteiger charge is 2.14. The molecule has 1 aromatic heterocycles. The van der Waals surface area contributed by atoms with E-state index in [0.29, 0.717) is 32.0 Å². The highest BCUT2D eigenvalue weighted by molar-refractivity contribution is 5.78. The smallest absolute Gasteiger partial charge is 0.224 e. The third kappa shape index (κ3) is 5.00. The van der Waals surface area contributed by atoms with Gasteiger partial charge in [0.2, 0.25) is 5.91 Å². The van der Waals surface area contributed by atoms with Crippen molar-refractivity contribution in [3.05, 3.63) is 53.0 Å². The van der Waals surface area contributed by atoms with Crippen molar-refractivity contribution >= 4 is 11.7 Å². The Kier molecular flexibility index (Phi) is 5.60. The topological polar surface area (TPSA) is 67.4 Å². The lowest BCUT2D eigenvalue weighted by atomic mass is 10.1. The van der Waals surface area contributed by atoms with Crippen LogP contribution >= 0.6 is 0 Å². The summed E-state index contributed by atoms with van der Waals surface area (Å²) in [5.74, 6) is 1.52. The summed E-state index contributed by atoms with van der Waals surface area (Å²) in [7, 11) is 0. The van der Waals surface area contributed by atoms with Crippen LogP contribution in [0.3, 0.4) is 0 Å². The zero-order valence-corrected chi connectivity index (χ0v) is 14.8. The Balaban J connectivity index is 1.60. The largest absolute Gasteiger partial charge is 0.378 e. The molecule has 0 bridgehead atoms. The minimum absolute atomic E-state index is 0.0244. The predicted molar refractivity (Wildman–Crippen MR) is 96.5 cm³/mol. The summed E-state index contributed by atoms with van der Waals surface area (Å²) in [4.78, 5) is 23.4. The first-order valence-electron chi connectivity index (χ1n) is 8.59. The molecular weight excluding hydrogens is 316 g/mol. The average molecular weight is 340 g/mol. The summed E-state index contributed by atoms with van der Waals surface area (Å²) in [5, 5.41) is 2.92. The Hall–Kier alpha value is -2.47. The molecule has 1 aliphatic heterocycles. The molecule has 2 heterocycles. The minimum atomic E-state index is -0.0244. The number of morpholine rings is 1. The van der Waals surface area contributed by atoms with E-state index in [-0.39, 0.29) is 5.91 Å². The summed E-state index contributed by atoms with van der Waals surface area (Å²) < 4.78 is 5.38. The first-order valence-corrected chi connectivity index (χ1v) is 8.59. The fraction of sp³-hybridized carbons (Fsp3) is 0.421. The molecule has 1 amide bonds. The van der Waals surface area contributed by atoms with E-state index in [1.165, 1.54) is 0 Å². The van der Waals surface area contributed by atoms with Crippen molar-refractivity contribution in [2.75, 3.05) is 31.2 Å². The van der Waals surface area contributed by atoms with Crippen LogP contribution in [0.1, 0.15) is 22.6 Å². The van der Waals surface area contributed by atoms with Gasteiger partial charge in [0.25, 0.3) is 0 Å². The monoisotopic (exact) mass is 340 g/mol. The number of anilines is 1. The van der Waals surface area contributed by atoms with Crippen LogP contribution in [0.15, 0.2) is 30.3 Å². The van der Waals surface area contributed by atoms with Gasteiger partial charge in [-0.25, -0.2) is 9.97 Å². The Bertz CT molecular complexity index is 742. The van der Waals surface area contributed by atoms with Crippen molar-refractivity contribution in [3.63, 3.8) is 0 Å². The average Bonchev–Trinajstić information content (AvgIpc) is 2.60. The fourth-order valence-electron chi connectivity index (χ4n) is 2.89. The van der Waals surface area contributed by atoms with Gasteiger partial charge in [0, 0.05) is 24.8 Å². The summed E-state index contributed by atoms with van der Waals surface area (Å²) >= 11 is 0. The van der Waals surface area contributed by atoms with E-state index in [4.69, 9.17) is 4.74 Å². The first-order chi connectivity index (χ1) is 12.1. The van der Waals surface area contributed by atoms with Crippen molar-refractivity contribution in [2.45, 2.75) is 26.8 Å². The van der Waals surface area contributed by atoms with Crippen molar-refractivity contribution in [1.82, 2.24) is 15.3 Å². The number of nitrogens with one attached hydrogen (secondary N) is 1. The molecule has 6 heteroatoms. The first kappa shape index (κ1) is 17.4. The molecule has 132 valence electrons. The summed E-state index contributed by atoms with van der Waals surface area (Å²) in [5.41, 5.74) is 3.07. The quantitative estimate of drug-likeness (QED) is 0.899. The molecule has 2 aromatic rings. The highest BCUT2D eigenvalue weighted by Crippen LogP contribution is 2.14. The number of rotatable bonds is 5. The number of ether oxygens (including phenoxy) is 1. The number of carbonyl (C=O) groups excluding carboxylic acids is 1. The number of hydrogen-bond acceptors (Lipinski definition) is 5. The Morgan fingerprint density at radius 3 is 2.76 bits per heavy atom. The molecule has 0 unspecified atom stereocenters. The van der Waals surface area contributed by atoms with Gasteiger partial charge in [-0.2, -0.15) is 0 Å². The lowest BCUT2D eigenvalue weighted by Crippen LogP contribution is -2.37. The van der Waals surface area contributed by atoms with Crippen LogP contribution in [-0.4, -0.2) is 42.2 Å². The van der Waals surface area contributed by atoms with Crippen LogP contribution in [-0.2, 0) is 22.5 Å². The second-order valence-electron chi connectivity index (χ2n) is 6.33. The zero-order chi connectivity index (χ0) is 17.6. The normalized spacial score (nSPS) is 14.4. The third-order valence-corrected chi connectivity index (χ3v) is 4.11. The van der Waals surface area contributed by atoms with Crippen molar-refractivity contribution in [2.24, 2.45) is 0 Å². The minimum Gasteiger partial charge on any atom is -0.378 e. The fourth-order valence-corrected chi connectivity index (χ4v) is 2.89. The van der Waals surface area contributed by atoms with Crippen molar-refractivity contribution in [1.29, 1.82) is 0 Å². The van der Waals surface area contributed by atoms with Crippen LogP contribution < -0.4 is 10.2 Å². The Morgan fingerprint density at radius 1 is 1.20 bits per heavy atom. The third-order valence-electron chi connectivity index (χ3n) is 4.11. The van der Waals surface area contributed by atoms with Gasteiger partial charge in [-0.3, -0.25) is 4.79 Å². The van der Waals surface area contributed by atoms with Gasteiger partial charge in [0.1, 0.15) is 11.6 Å². The van der Waals surface area contributed by atoms with Gasteiger partial charge >= 0.3 is 0 Å². The SMILES string of the molecule is Cc1cccc(CC(=O)NCc2nc(C)cc(N3CCOCC3)n2)c1. The van der Waals surface area contributed by atoms with Crippen LogP contribution in [0, 0.1) is 13.8 Å². The molecule has 1 N–H and O–H groups in total. The van der Waals surface area contributed by atoms with Gasteiger partial charge in [-0.05, 0) is 19.4 Å². The van der Waals surface area contributed by atoms with Crippen molar-refractivity contribution < 1.29 is 9.53 Å². The van der Waals surface area contributed by atoms with Crippen LogP contribution in [0.5, 0.6) is 0 Å². The molecule has 1 aromatic carbocycles. The van der Waals surface area contributed by atoms with Gasteiger partial charge in [-0.1, -0.05) is 29.8 Å². The maximum atomic E-state index is 12.2. The predicted octanol–water partition coefficient (Wildman–Crippen LogP) is 1.79. The second kappa shape index (κ2) is 8.07. The van der Waals surface area contributed by atoms with Crippen molar-refractivity contribution in [3.8, 4) is 0 Å². The molecule has 1 fully saturated rings. The molecule has 0 radical (unpaired) electrons. The second-order valence-corrected chi connectivity index (χ2v) is 6.33. The lowest BCUT2D eigenvalue weighted by Gasteiger charge is -2.28. The van der Waals surface area contributed by atoms with Crippen LogP contribution in [0.2, 0.25) is 0 Å². The molecule has 0 saturated carbocycles. The highest BCUT2D eigenvalue weighted by atomic mass is 16.5. The number of carbonyl (C=O) groups is 1. The Labute approximate surface area is 148 Å². The van der Waals surface area contributed by atoms with E-state index in [0.717, 1.165) is 35.7 Å². The molecular formula is C19H24N4O2. The number of aromatic nitrogens is 2. The van der Waals surface area contributed by atoms with Gasteiger partial charge < -0.3 is 15.0 Å². The van der Waals surface area contributed by atoms with E-state index in [1.807, 2.05) is 44.2 Å². The number of benzene rings is 1. The summed E-state index contributed by atoms with van der Waals surface area (Å²) in [6.45, 7) is 7.39. The maximum Gasteiger partial charge on any atom is 0.224 e. The number of amides is 1. The summed E-state index contributed by atoms with van der Waals surface area (Å²) in [6, 6.07) is 9.96. The molecule has 1 saturated heterocycles. The summed E-state index contributed by atoms with van der Waals surface area (Å²) in [6.07, 6.45) is 0.365.